The van der Waals surface area contributed by atoms with E-state index in [2.05, 4.69) is 37.9 Å². The number of hydrogen-bond donors (Lipinski definition) is 0. The summed E-state index contributed by atoms with van der Waals surface area (Å²) in [6, 6.07) is 4.52. The summed E-state index contributed by atoms with van der Waals surface area (Å²) >= 11 is 0. The van der Waals surface area contributed by atoms with Gasteiger partial charge in [0.05, 0.1) is 18.9 Å². The molecule has 0 saturated carbocycles. The Morgan fingerprint density at radius 1 is 1.19 bits per heavy atom. The minimum absolute atomic E-state index is 0.423. The Bertz CT molecular complexity index is 743. The van der Waals surface area contributed by atoms with Crippen LogP contribution >= 0.6 is 0 Å². The van der Waals surface area contributed by atoms with Gasteiger partial charge in [0.25, 0.3) is 0 Å². The van der Waals surface area contributed by atoms with Crippen LogP contribution in [0.25, 0.3) is 0 Å². The average Bonchev–Trinajstić information content (AvgIpc) is 3.13. The van der Waals surface area contributed by atoms with Crippen molar-refractivity contribution >= 4 is 11.8 Å². The fourth-order valence-corrected chi connectivity index (χ4v) is 3.92. The topological polar surface area (TPSA) is 62.6 Å². The Balaban J connectivity index is 1.42. The molecule has 0 amide bonds. The second kappa shape index (κ2) is 8.22. The summed E-state index contributed by atoms with van der Waals surface area (Å²) in [6.45, 7) is 6.40. The number of ether oxygens (including phenoxy) is 1. The van der Waals surface area contributed by atoms with E-state index >= 15 is 0 Å². The molecule has 146 valence electrons. The highest BCUT2D eigenvalue weighted by molar-refractivity contribution is 5.44. The zero-order valence-electron chi connectivity index (χ0n) is 16.3. The van der Waals surface area contributed by atoms with Crippen LogP contribution in [-0.2, 0) is 18.3 Å². The van der Waals surface area contributed by atoms with E-state index in [1.165, 1.54) is 18.5 Å². The molecule has 0 spiro atoms. The Labute approximate surface area is 160 Å². The summed E-state index contributed by atoms with van der Waals surface area (Å²) in [5.41, 5.74) is 1.25. The van der Waals surface area contributed by atoms with E-state index in [0.717, 1.165) is 57.7 Å². The molecule has 2 aliphatic heterocycles. The van der Waals surface area contributed by atoms with E-state index < -0.39 is 0 Å². The fourth-order valence-electron chi connectivity index (χ4n) is 3.92. The maximum atomic E-state index is 5.45. The normalized spacial score (nSPS) is 21.4. The molecule has 1 unspecified atom stereocenters. The van der Waals surface area contributed by atoms with E-state index in [9.17, 15) is 0 Å². The fraction of sp³-hybridized carbons (Fsp3) is 0.632. The van der Waals surface area contributed by atoms with Crippen LogP contribution in [0.1, 0.15) is 18.5 Å². The van der Waals surface area contributed by atoms with Gasteiger partial charge in [-0.3, -0.25) is 9.58 Å². The highest BCUT2D eigenvalue weighted by Gasteiger charge is 2.26. The lowest BCUT2D eigenvalue weighted by molar-refractivity contribution is 0.122. The Morgan fingerprint density at radius 3 is 2.81 bits per heavy atom. The third-order valence-electron chi connectivity index (χ3n) is 5.62. The first-order valence-electron chi connectivity index (χ1n) is 9.78. The molecule has 4 rings (SSSR count). The monoisotopic (exact) mass is 371 g/mol. The number of aryl methyl sites for hydroxylation is 1. The van der Waals surface area contributed by atoms with Crippen LogP contribution < -0.4 is 9.80 Å². The largest absolute Gasteiger partial charge is 0.378 e. The number of likely N-dealkylation sites (tertiary alicyclic amines) is 1. The van der Waals surface area contributed by atoms with Crippen molar-refractivity contribution in [1.29, 1.82) is 0 Å². The molecular formula is C19H29N7O. The summed E-state index contributed by atoms with van der Waals surface area (Å²) in [5.74, 6) is 1.81. The zero-order valence-corrected chi connectivity index (χ0v) is 16.3. The molecule has 0 aliphatic carbocycles. The third-order valence-corrected chi connectivity index (χ3v) is 5.62. The summed E-state index contributed by atoms with van der Waals surface area (Å²) in [7, 11) is 4.13. The van der Waals surface area contributed by atoms with Crippen molar-refractivity contribution in [3.63, 3.8) is 0 Å². The maximum absolute atomic E-state index is 5.45. The number of piperidine rings is 1. The maximum Gasteiger partial charge on any atom is 0.227 e. The molecule has 27 heavy (non-hydrogen) atoms. The Morgan fingerprint density at radius 2 is 2.04 bits per heavy atom. The molecule has 2 fully saturated rings. The molecule has 2 aromatic rings. The van der Waals surface area contributed by atoms with E-state index in [1.807, 2.05) is 30.2 Å². The first kappa shape index (κ1) is 18.2. The van der Waals surface area contributed by atoms with Gasteiger partial charge in [0.1, 0.15) is 5.82 Å². The highest BCUT2D eigenvalue weighted by atomic mass is 16.5. The summed E-state index contributed by atoms with van der Waals surface area (Å²) < 4.78 is 7.41. The predicted molar refractivity (Wildman–Crippen MR) is 105 cm³/mol. The second-order valence-electron chi connectivity index (χ2n) is 7.40. The lowest BCUT2D eigenvalue weighted by atomic mass is 10.0. The van der Waals surface area contributed by atoms with Gasteiger partial charge in [-0.05, 0) is 31.5 Å². The van der Waals surface area contributed by atoms with E-state index in [-0.39, 0.29) is 0 Å². The Hall–Kier alpha value is -2.19. The molecule has 2 aliphatic rings. The lowest BCUT2D eigenvalue weighted by Crippen LogP contribution is -2.47. The number of morpholine rings is 1. The standard InChI is InChI=1S/C19H29N7O/c1-23(19-20-7-6-18(22-19)26-10-12-27-13-11-26)16-4-3-9-25(14-16)15-17-5-8-21-24(17)2/h5-8,16H,3-4,9-15H2,1-2H3. The Kier molecular flexibility index (Phi) is 5.54. The van der Waals surface area contributed by atoms with Gasteiger partial charge in [0, 0.05) is 58.7 Å². The number of aromatic nitrogens is 4. The van der Waals surface area contributed by atoms with Crippen LogP contribution in [0.4, 0.5) is 11.8 Å². The predicted octanol–water partition coefficient (Wildman–Crippen LogP) is 1.15. The van der Waals surface area contributed by atoms with Crippen LogP contribution in [0.5, 0.6) is 0 Å². The van der Waals surface area contributed by atoms with Crippen LogP contribution in [0.3, 0.4) is 0 Å². The first-order chi connectivity index (χ1) is 13.2. The molecule has 2 aromatic heterocycles. The van der Waals surface area contributed by atoms with Gasteiger partial charge >= 0.3 is 0 Å². The van der Waals surface area contributed by atoms with Crippen molar-refractivity contribution in [1.82, 2.24) is 24.6 Å². The minimum atomic E-state index is 0.423. The zero-order chi connectivity index (χ0) is 18.6. The van der Waals surface area contributed by atoms with Gasteiger partial charge in [-0.25, -0.2) is 4.98 Å². The molecule has 1 atom stereocenters. The van der Waals surface area contributed by atoms with Crippen LogP contribution in [0.2, 0.25) is 0 Å². The van der Waals surface area contributed by atoms with Crippen LogP contribution in [0.15, 0.2) is 24.5 Å². The van der Waals surface area contributed by atoms with Crippen molar-refractivity contribution in [2.75, 3.05) is 56.2 Å². The van der Waals surface area contributed by atoms with Crippen LogP contribution in [0, 0.1) is 0 Å². The lowest BCUT2D eigenvalue weighted by Gasteiger charge is -2.38. The molecule has 8 nitrogen and oxygen atoms in total. The number of rotatable bonds is 5. The third kappa shape index (κ3) is 4.22. The second-order valence-corrected chi connectivity index (χ2v) is 7.40. The number of anilines is 2. The van der Waals surface area contributed by atoms with Gasteiger partial charge < -0.3 is 14.5 Å². The van der Waals surface area contributed by atoms with Gasteiger partial charge in [-0.2, -0.15) is 10.1 Å². The SMILES string of the molecule is CN(c1nccc(N2CCOCC2)n1)C1CCCN(Cc2ccnn2C)C1. The quantitative estimate of drug-likeness (QED) is 0.781. The summed E-state index contributed by atoms with van der Waals surface area (Å²) in [4.78, 5) is 16.4. The van der Waals surface area contributed by atoms with Crippen LogP contribution in [-0.4, -0.2) is 77.1 Å². The minimum Gasteiger partial charge on any atom is -0.378 e. The summed E-state index contributed by atoms with van der Waals surface area (Å²) in [6.07, 6.45) is 6.10. The molecule has 0 aromatic carbocycles. The molecule has 0 radical (unpaired) electrons. The van der Waals surface area contributed by atoms with E-state index in [4.69, 9.17) is 9.72 Å². The van der Waals surface area contributed by atoms with Crippen molar-refractivity contribution < 1.29 is 4.74 Å². The summed E-state index contributed by atoms with van der Waals surface area (Å²) in [5, 5.41) is 4.28. The van der Waals surface area contributed by atoms with Gasteiger partial charge in [-0.15, -0.1) is 0 Å². The van der Waals surface area contributed by atoms with E-state index in [0.29, 0.717) is 6.04 Å². The van der Waals surface area contributed by atoms with Crippen molar-refractivity contribution in [3.8, 4) is 0 Å². The van der Waals surface area contributed by atoms with Crippen molar-refractivity contribution in [2.45, 2.75) is 25.4 Å². The number of nitrogens with zero attached hydrogens (tertiary/aromatic N) is 7. The van der Waals surface area contributed by atoms with Gasteiger partial charge in [-0.1, -0.05) is 0 Å². The smallest absolute Gasteiger partial charge is 0.227 e. The number of hydrogen-bond acceptors (Lipinski definition) is 7. The molecule has 0 N–H and O–H groups in total. The molecule has 0 bridgehead atoms. The van der Waals surface area contributed by atoms with Crippen molar-refractivity contribution in [2.24, 2.45) is 7.05 Å². The molecule has 2 saturated heterocycles. The molecule has 4 heterocycles. The number of likely N-dealkylation sites (N-methyl/N-ethyl adjacent to an activating group) is 1. The molecular weight excluding hydrogens is 342 g/mol. The first-order valence-corrected chi connectivity index (χ1v) is 9.78. The average molecular weight is 371 g/mol. The van der Waals surface area contributed by atoms with Crippen molar-refractivity contribution in [3.05, 3.63) is 30.2 Å². The van der Waals surface area contributed by atoms with Gasteiger partial charge in [0.15, 0.2) is 0 Å². The van der Waals surface area contributed by atoms with Gasteiger partial charge in [0.2, 0.25) is 5.95 Å². The molecule has 8 heteroatoms. The van der Waals surface area contributed by atoms with E-state index in [1.54, 1.807) is 0 Å². The highest BCUT2D eigenvalue weighted by Crippen LogP contribution is 2.22.